The Kier molecular flexibility index (Phi) is 6.79. The van der Waals surface area contributed by atoms with Crippen molar-refractivity contribution >= 4 is 51.7 Å². The minimum absolute atomic E-state index is 0.0447. The maximum absolute atomic E-state index is 11.6. The van der Waals surface area contributed by atoms with E-state index in [1.165, 1.54) is 18.9 Å². The van der Waals surface area contributed by atoms with Gasteiger partial charge in [0.15, 0.2) is 6.29 Å². The molecule has 0 saturated carbocycles. The van der Waals surface area contributed by atoms with Crippen LogP contribution in [0.15, 0.2) is 11.1 Å². The van der Waals surface area contributed by atoms with Gasteiger partial charge in [-0.15, -0.1) is 0 Å². The monoisotopic (exact) mass is 332 g/mol. The maximum Gasteiger partial charge on any atom is 0.215 e. The highest BCUT2D eigenvalue weighted by molar-refractivity contribution is 8.14. The third-order valence-electron chi connectivity index (χ3n) is 2.51. The zero-order valence-electron chi connectivity index (χ0n) is 10.2. The smallest absolute Gasteiger partial charge is 0.215 e. The fraction of sp³-hybridized carbons (Fsp3) is 0.727. The lowest BCUT2D eigenvalue weighted by atomic mass is 10.1. The molecule has 7 heteroatoms. The first-order chi connectivity index (χ1) is 8.33. The average Bonchev–Trinajstić information content (AvgIpc) is 2.58. The Morgan fingerprint density at radius 3 is 2.56 bits per heavy atom. The van der Waals surface area contributed by atoms with Crippen LogP contribution in [0.3, 0.4) is 0 Å². The van der Waals surface area contributed by atoms with Gasteiger partial charge in [0.2, 0.25) is 8.91 Å². The molecule has 0 saturated heterocycles. The zero-order valence-corrected chi connectivity index (χ0v) is 13.3. The molecule has 1 unspecified atom stereocenters. The molecule has 0 spiro atoms. The number of rotatable bonds is 6. The van der Waals surface area contributed by atoms with Crippen LogP contribution in [0.1, 0.15) is 19.8 Å². The molecule has 0 aromatic rings. The summed E-state index contributed by atoms with van der Waals surface area (Å²) in [6.45, 7) is 1.92. The molecule has 0 radical (unpaired) electrons. The van der Waals surface area contributed by atoms with Crippen LogP contribution in [0.5, 0.6) is 0 Å². The predicted octanol–water partition coefficient (Wildman–Crippen LogP) is 3.72. The van der Waals surface area contributed by atoms with Crippen molar-refractivity contribution in [2.45, 2.75) is 29.8 Å². The Morgan fingerprint density at radius 1 is 1.44 bits per heavy atom. The third-order valence-corrected chi connectivity index (χ3v) is 3.92. The lowest BCUT2D eigenvalue weighted by Gasteiger charge is -2.19. The molecular weight excluding hydrogens is 319 g/mol. The van der Waals surface area contributed by atoms with E-state index in [0.29, 0.717) is 12.8 Å². The van der Waals surface area contributed by atoms with Crippen molar-refractivity contribution in [3.8, 4) is 0 Å². The fourth-order valence-corrected chi connectivity index (χ4v) is 2.72. The van der Waals surface area contributed by atoms with Gasteiger partial charge in [-0.1, -0.05) is 52.1 Å². The topological polar surface area (TPSA) is 35.5 Å². The highest BCUT2D eigenvalue weighted by Crippen LogP contribution is 2.30. The molecule has 0 aromatic heterocycles. The number of halogens is 3. The van der Waals surface area contributed by atoms with E-state index in [1.807, 2.05) is 6.92 Å². The van der Waals surface area contributed by atoms with Crippen molar-refractivity contribution in [1.29, 1.82) is 0 Å². The molecule has 0 fully saturated rings. The molecule has 0 aromatic carbocycles. The molecule has 1 rings (SSSR count). The van der Waals surface area contributed by atoms with Crippen LogP contribution in [0.2, 0.25) is 0 Å². The van der Waals surface area contributed by atoms with E-state index < -0.39 is 10.1 Å². The fourth-order valence-electron chi connectivity index (χ4n) is 1.56. The normalized spacial score (nSPS) is 18.6. The Hall–Kier alpha value is 0.550. The second-order valence-electron chi connectivity index (χ2n) is 3.97. The highest BCUT2D eigenvalue weighted by Gasteiger charge is 2.25. The summed E-state index contributed by atoms with van der Waals surface area (Å²) in [4.78, 5) is 11.6. The number of methoxy groups -OCH3 is 1. The van der Waals surface area contributed by atoms with E-state index in [4.69, 9.17) is 44.3 Å². The van der Waals surface area contributed by atoms with Gasteiger partial charge < -0.3 is 9.47 Å². The van der Waals surface area contributed by atoms with Gasteiger partial charge >= 0.3 is 0 Å². The number of hydrogen-bond donors (Lipinski definition) is 0. The molecule has 18 heavy (non-hydrogen) atoms. The first kappa shape index (κ1) is 16.6. The third kappa shape index (κ3) is 5.68. The van der Waals surface area contributed by atoms with Gasteiger partial charge in [0.25, 0.3) is 0 Å². The van der Waals surface area contributed by atoms with Crippen molar-refractivity contribution in [2.75, 3.05) is 19.5 Å². The average molecular weight is 334 g/mol. The summed E-state index contributed by atoms with van der Waals surface area (Å²) >= 11 is 18.1. The molecule has 0 bridgehead atoms. The van der Waals surface area contributed by atoms with E-state index in [0.717, 1.165) is 16.9 Å². The summed E-state index contributed by atoms with van der Waals surface area (Å²) in [5.41, 5.74) is 1.99. The van der Waals surface area contributed by atoms with E-state index >= 15 is 0 Å². The van der Waals surface area contributed by atoms with Gasteiger partial charge in [-0.3, -0.25) is 4.79 Å². The number of ether oxygens (including phenoxy) is 2. The van der Waals surface area contributed by atoms with Crippen molar-refractivity contribution in [1.82, 2.24) is 0 Å². The quantitative estimate of drug-likeness (QED) is 0.548. The Bertz CT molecular complexity index is 339. The van der Waals surface area contributed by atoms with Crippen LogP contribution in [-0.2, 0) is 14.3 Å². The highest BCUT2D eigenvalue weighted by atomic mass is 35.6. The molecule has 3 nitrogen and oxygen atoms in total. The van der Waals surface area contributed by atoms with Crippen LogP contribution in [0, 0.1) is 0 Å². The Labute approximate surface area is 126 Å². The van der Waals surface area contributed by atoms with E-state index in [9.17, 15) is 4.79 Å². The van der Waals surface area contributed by atoms with Gasteiger partial charge in [0, 0.05) is 24.9 Å². The van der Waals surface area contributed by atoms with Gasteiger partial charge in [0.05, 0.1) is 6.61 Å². The molecule has 0 aliphatic carbocycles. The molecule has 1 aliphatic heterocycles. The first-order valence-corrected chi connectivity index (χ1v) is 7.52. The lowest BCUT2D eigenvalue weighted by Crippen LogP contribution is -2.23. The molecule has 0 amide bonds. The van der Waals surface area contributed by atoms with Crippen LogP contribution >= 0.6 is 46.6 Å². The number of carbonyl (C=O) groups is 1. The zero-order chi connectivity index (χ0) is 13.8. The van der Waals surface area contributed by atoms with Gasteiger partial charge in [-0.25, -0.2) is 0 Å². The summed E-state index contributed by atoms with van der Waals surface area (Å²) in [5.74, 6) is 0.779. The van der Waals surface area contributed by atoms with Crippen LogP contribution in [0.25, 0.3) is 0 Å². The molecule has 1 atom stereocenters. The minimum Gasteiger partial charge on any atom is -0.356 e. The number of carbonyl (C=O) groups excluding carboxylic acids is 1. The number of hydrogen-bond acceptors (Lipinski definition) is 4. The molecule has 0 N–H and O–H groups in total. The summed E-state index contributed by atoms with van der Waals surface area (Å²) in [6.07, 6.45) is 0.714. The van der Waals surface area contributed by atoms with E-state index in [1.54, 1.807) is 0 Å². The molecule has 1 heterocycles. The summed E-state index contributed by atoms with van der Waals surface area (Å²) < 4.78 is 9.01. The maximum atomic E-state index is 11.6. The van der Waals surface area contributed by atoms with E-state index in [2.05, 4.69) is 0 Å². The molecule has 104 valence electrons. The van der Waals surface area contributed by atoms with Crippen LogP contribution in [0.4, 0.5) is 0 Å². The first-order valence-electron chi connectivity index (χ1n) is 5.40. The van der Waals surface area contributed by atoms with Crippen molar-refractivity contribution in [3.63, 3.8) is 0 Å². The summed E-state index contributed by atoms with van der Waals surface area (Å²) in [7, 11) is 1.52. The van der Waals surface area contributed by atoms with Crippen molar-refractivity contribution in [2.24, 2.45) is 0 Å². The molecule has 1 aliphatic rings. The van der Waals surface area contributed by atoms with Crippen molar-refractivity contribution < 1.29 is 14.3 Å². The summed E-state index contributed by atoms with van der Waals surface area (Å²) in [6, 6.07) is 0. The van der Waals surface area contributed by atoms with Crippen molar-refractivity contribution in [3.05, 3.63) is 11.1 Å². The molecular formula is C11H15Cl3O3S. The second-order valence-corrected chi connectivity index (χ2v) is 7.43. The number of thioether (sulfide) groups is 1. The largest absolute Gasteiger partial charge is 0.356 e. The second kappa shape index (κ2) is 7.36. The lowest BCUT2D eigenvalue weighted by molar-refractivity contribution is -0.126. The van der Waals surface area contributed by atoms with Crippen LogP contribution in [-0.4, -0.2) is 34.7 Å². The van der Waals surface area contributed by atoms with Gasteiger partial charge in [-0.2, -0.15) is 0 Å². The SMILES string of the molecule is COC(CCC1=C(C)CSC1=O)OCC(Cl)(Cl)Cl. The van der Waals surface area contributed by atoms with Gasteiger partial charge in [0.1, 0.15) is 0 Å². The standard InChI is InChI=1S/C11H15Cl3O3S/c1-7-5-18-10(15)8(7)3-4-9(16-2)17-6-11(12,13)14/h9H,3-6H2,1-2H3. The minimum atomic E-state index is -1.45. The number of alkyl halides is 3. The Balaban J connectivity index is 2.40. The van der Waals surface area contributed by atoms with Gasteiger partial charge in [-0.05, 0) is 13.3 Å². The predicted molar refractivity (Wildman–Crippen MR) is 76.4 cm³/mol. The van der Waals surface area contributed by atoms with E-state index in [-0.39, 0.29) is 11.7 Å². The Morgan fingerprint density at radius 2 is 2.11 bits per heavy atom. The summed E-state index contributed by atoms with van der Waals surface area (Å²) in [5, 5.41) is 0.142. The van der Waals surface area contributed by atoms with Crippen LogP contribution < -0.4 is 0 Å².